The van der Waals surface area contributed by atoms with E-state index in [9.17, 15) is 9.59 Å². The fourth-order valence-corrected chi connectivity index (χ4v) is 2.65. The van der Waals surface area contributed by atoms with Crippen molar-refractivity contribution < 1.29 is 14.3 Å². The highest BCUT2D eigenvalue weighted by Gasteiger charge is 2.22. The molecule has 144 valence electrons. The summed E-state index contributed by atoms with van der Waals surface area (Å²) < 4.78 is 5.76. The zero-order valence-electron chi connectivity index (χ0n) is 16.2. The summed E-state index contributed by atoms with van der Waals surface area (Å²) in [6, 6.07) is 16.7. The number of hydrogen-bond acceptors (Lipinski definition) is 3. The van der Waals surface area contributed by atoms with Crippen LogP contribution >= 0.6 is 0 Å². The summed E-state index contributed by atoms with van der Waals surface area (Å²) in [5, 5.41) is 2.74. The van der Waals surface area contributed by atoms with Gasteiger partial charge in [0.25, 0.3) is 0 Å². The highest BCUT2D eigenvalue weighted by atomic mass is 16.5. The Morgan fingerprint density at radius 2 is 1.63 bits per heavy atom. The molecule has 0 bridgehead atoms. The van der Waals surface area contributed by atoms with E-state index in [-0.39, 0.29) is 11.3 Å². The lowest BCUT2D eigenvalue weighted by atomic mass is 9.91. The second kappa shape index (κ2) is 9.21. The van der Waals surface area contributed by atoms with Crippen LogP contribution in [0.2, 0.25) is 0 Å². The average molecular weight is 368 g/mol. The van der Waals surface area contributed by atoms with Gasteiger partial charge in [0.05, 0.1) is 0 Å². The van der Waals surface area contributed by atoms with Gasteiger partial charge in [-0.15, -0.1) is 0 Å². The fraction of sp³-hybridized carbons (Fsp3) is 0.364. The minimum Gasteiger partial charge on any atom is -0.489 e. The van der Waals surface area contributed by atoms with Gasteiger partial charge in [-0.1, -0.05) is 63.2 Å². The quantitative estimate of drug-likeness (QED) is 0.751. The Labute approximate surface area is 160 Å². The van der Waals surface area contributed by atoms with E-state index in [2.05, 4.69) is 5.32 Å². The highest BCUT2D eigenvalue weighted by molar-refractivity contribution is 5.87. The molecule has 2 aromatic rings. The molecule has 0 fully saturated rings. The van der Waals surface area contributed by atoms with Crippen LogP contribution in [-0.4, -0.2) is 17.9 Å². The first-order chi connectivity index (χ1) is 12.7. The zero-order valence-corrected chi connectivity index (χ0v) is 16.2. The third kappa shape index (κ3) is 7.52. The Morgan fingerprint density at radius 1 is 1.00 bits per heavy atom. The van der Waals surface area contributed by atoms with Crippen LogP contribution in [0.25, 0.3) is 0 Å². The molecule has 0 saturated carbocycles. The number of carbonyl (C=O) groups is 2. The molecule has 2 aromatic carbocycles. The van der Waals surface area contributed by atoms with Gasteiger partial charge in [-0.05, 0) is 28.7 Å². The molecular weight excluding hydrogens is 340 g/mol. The number of carbonyl (C=O) groups excluding carboxylic acids is 2. The molecule has 27 heavy (non-hydrogen) atoms. The molecule has 0 spiro atoms. The molecule has 0 saturated heterocycles. The molecular formula is C22H28N2O3. The molecule has 0 aromatic heterocycles. The summed E-state index contributed by atoms with van der Waals surface area (Å²) in [7, 11) is 0. The second-order valence-corrected chi connectivity index (χ2v) is 7.88. The minimum absolute atomic E-state index is 0.149. The van der Waals surface area contributed by atoms with Crippen LogP contribution in [0.5, 0.6) is 5.75 Å². The van der Waals surface area contributed by atoms with Crippen molar-refractivity contribution in [2.75, 3.05) is 0 Å². The van der Waals surface area contributed by atoms with Gasteiger partial charge in [-0.2, -0.15) is 0 Å². The first-order valence-electron chi connectivity index (χ1n) is 9.07. The Morgan fingerprint density at radius 3 is 2.19 bits per heavy atom. The Kier molecular flexibility index (Phi) is 6.99. The number of ether oxygens (including phenoxy) is 1. The molecule has 0 aliphatic heterocycles. The van der Waals surface area contributed by atoms with E-state index in [4.69, 9.17) is 10.5 Å². The Balaban J connectivity index is 1.92. The molecule has 2 amide bonds. The van der Waals surface area contributed by atoms with Gasteiger partial charge in [0.1, 0.15) is 18.4 Å². The van der Waals surface area contributed by atoms with Crippen molar-refractivity contribution in [3.05, 3.63) is 65.7 Å². The Hall–Kier alpha value is -2.82. The maximum Gasteiger partial charge on any atom is 0.240 e. The first-order valence-corrected chi connectivity index (χ1v) is 9.07. The van der Waals surface area contributed by atoms with Crippen LogP contribution in [0.3, 0.4) is 0 Å². The SMILES string of the molecule is CC(C)(C)CC(=O)NC(Cc1ccc(OCc2ccccc2)cc1)C(N)=O. The molecule has 5 nitrogen and oxygen atoms in total. The zero-order chi connectivity index (χ0) is 19.9. The predicted octanol–water partition coefficient (Wildman–Crippen LogP) is 3.21. The second-order valence-electron chi connectivity index (χ2n) is 7.88. The van der Waals surface area contributed by atoms with Crippen molar-refractivity contribution >= 4 is 11.8 Å². The lowest BCUT2D eigenvalue weighted by molar-refractivity contribution is -0.128. The van der Waals surface area contributed by atoms with E-state index < -0.39 is 11.9 Å². The molecule has 1 atom stereocenters. The number of amides is 2. The van der Waals surface area contributed by atoms with Crippen molar-refractivity contribution in [1.82, 2.24) is 5.32 Å². The highest BCUT2D eigenvalue weighted by Crippen LogP contribution is 2.19. The first kappa shape index (κ1) is 20.5. The van der Waals surface area contributed by atoms with Crippen molar-refractivity contribution in [3.63, 3.8) is 0 Å². The predicted molar refractivity (Wildman–Crippen MR) is 106 cm³/mol. The lowest BCUT2D eigenvalue weighted by Crippen LogP contribution is -2.46. The standard InChI is InChI=1S/C22H28N2O3/c1-22(2,3)14-20(25)24-19(21(23)26)13-16-9-11-18(12-10-16)27-15-17-7-5-4-6-8-17/h4-12,19H,13-15H2,1-3H3,(H2,23,26)(H,24,25). The normalized spacial score (nSPS) is 12.3. The van der Waals surface area contributed by atoms with Crippen molar-refractivity contribution in [3.8, 4) is 5.75 Å². The summed E-state index contributed by atoms with van der Waals surface area (Å²) in [5.41, 5.74) is 7.31. The van der Waals surface area contributed by atoms with Gasteiger partial charge >= 0.3 is 0 Å². The largest absolute Gasteiger partial charge is 0.489 e. The number of primary amides is 1. The molecule has 1 unspecified atom stereocenters. The van der Waals surface area contributed by atoms with Crippen LogP contribution in [0.4, 0.5) is 0 Å². The minimum atomic E-state index is -0.726. The molecule has 3 N–H and O–H groups in total. The third-order valence-corrected chi connectivity index (χ3v) is 3.98. The van der Waals surface area contributed by atoms with Crippen LogP contribution < -0.4 is 15.8 Å². The van der Waals surface area contributed by atoms with Gasteiger partial charge in [0.15, 0.2) is 0 Å². The molecule has 0 aliphatic rings. The lowest BCUT2D eigenvalue weighted by Gasteiger charge is -2.21. The number of hydrogen-bond donors (Lipinski definition) is 2. The third-order valence-electron chi connectivity index (χ3n) is 3.98. The van der Waals surface area contributed by atoms with E-state index in [0.29, 0.717) is 19.4 Å². The molecule has 0 aliphatic carbocycles. The summed E-state index contributed by atoms with van der Waals surface area (Å²) >= 11 is 0. The van der Waals surface area contributed by atoms with Crippen LogP contribution in [0, 0.1) is 5.41 Å². The molecule has 0 radical (unpaired) electrons. The molecule has 5 heteroatoms. The number of rotatable bonds is 8. The van der Waals surface area contributed by atoms with E-state index in [0.717, 1.165) is 16.9 Å². The topological polar surface area (TPSA) is 81.4 Å². The summed E-state index contributed by atoms with van der Waals surface area (Å²) in [5.74, 6) is 0.0331. The Bertz CT molecular complexity index is 749. The number of nitrogens with two attached hydrogens (primary N) is 1. The van der Waals surface area contributed by atoms with Crippen molar-refractivity contribution in [2.24, 2.45) is 11.1 Å². The van der Waals surface area contributed by atoms with Crippen LogP contribution in [0.15, 0.2) is 54.6 Å². The van der Waals surface area contributed by atoms with E-state index in [1.54, 1.807) is 0 Å². The van der Waals surface area contributed by atoms with Gasteiger partial charge in [-0.3, -0.25) is 9.59 Å². The van der Waals surface area contributed by atoms with Crippen LogP contribution in [-0.2, 0) is 22.6 Å². The molecule has 0 heterocycles. The van der Waals surface area contributed by atoms with Gasteiger partial charge in [-0.25, -0.2) is 0 Å². The summed E-state index contributed by atoms with van der Waals surface area (Å²) in [6.07, 6.45) is 0.688. The van der Waals surface area contributed by atoms with Crippen molar-refractivity contribution in [2.45, 2.75) is 46.3 Å². The smallest absolute Gasteiger partial charge is 0.240 e. The van der Waals surface area contributed by atoms with Gasteiger partial charge in [0, 0.05) is 12.8 Å². The van der Waals surface area contributed by atoms with Gasteiger partial charge < -0.3 is 15.8 Å². The van der Waals surface area contributed by atoms with E-state index >= 15 is 0 Å². The summed E-state index contributed by atoms with van der Waals surface area (Å²) in [4.78, 5) is 23.8. The number of benzene rings is 2. The maximum atomic E-state index is 12.1. The average Bonchev–Trinajstić information content (AvgIpc) is 2.60. The monoisotopic (exact) mass is 368 g/mol. The van der Waals surface area contributed by atoms with Gasteiger partial charge in [0.2, 0.25) is 11.8 Å². The summed E-state index contributed by atoms with van der Waals surface area (Å²) in [6.45, 7) is 6.41. The number of nitrogens with one attached hydrogen (secondary N) is 1. The van der Waals surface area contributed by atoms with E-state index in [1.807, 2.05) is 75.4 Å². The maximum absolute atomic E-state index is 12.1. The molecule has 2 rings (SSSR count). The van der Waals surface area contributed by atoms with Crippen molar-refractivity contribution in [1.29, 1.82) is 0 Å². The van der Waals surface area contributed by atoms with Crippen LogP contribution in [0.1, 0.15) is 38.3 Å². The fourth-order valence-electron chi connectivity index (χ4n) is 2.65. The van der Waals surface area contributed by atoms with E-state index in [1.165, 1.54) is 0 Å².